The van der Waals surface area contributed by atoms with Crippen LogP contribution in [0.3, 0.4) is 0 Å². The third-order valence-corrected chi connectivity index (χ3v) is 7.88. The molecular formula is C25H34N2O2. The van der Waals surface area contributed by atoms with Crippen LogP contribution in [0.1, 0.15) is 62.5 Å². The van der Waals surface area contributed by atoms with Crippen molar-refractivity contribution >= 4 is 11.5 Å². The molecule has 156 valence electrons. The van der Waals surface area contributed by atoms with Gasteiger partial charge in [0.2, 0.25) is 5.91 Å². The number of nitrogens with zero attached hydrogens (tertiary/aromatic N) is 2. The van der Waals surface area contributed by atoms with Crippen LogP contribution in [0.5, 0.6) is 0 Å². The maximum atomic E-state index is 13.3. The lowest BCUT2D eigenvalue weighted by Crippen LogP contribution is -2.58. The monoisotopic (exact) mass is 394 g/mol. The van der Waals surface area contributed by atoms with Crippen LogP contribution in [-0.4, -0.2) is 60.1 Å². The first kappa shape index (κ1) is 19.3. The topological polar surface area (TPSA) is 32.8 Å². The third-order valence-electron chi connectivity index (χ3n) is 7.88. The fourth-order valence-electron chi connectivity index (χ4n) is 6.23. The Morgan fingerprint density at radius 1 is 1.21 bits per heavy atom. The normalized spacial score (nSPS) is 31.8. The summed E-state index contributed by atoms with van der Waals surface area (Å²) in [6.07, 6.45) is 12.0. The number of rotatable bonds is 4. The van der Waals surface area contributed by atoms with Gasteiger partial charge in [-0.05, 0) is 81.2 Å². The van der Waals surface area contributed by atoms with Crippen molar-refractivity contribution in [2.75, 3.05) is 26.7 Å². The second-order valence-electron chi connectivity index (χ2n) is 9.53. The van der Waals surface area contributed by atoms with Gasteiger partial charge in [0.05, 0.1) is 12.0 Å². The van der Waals surface area contributed by atoms with Gasteiger partial charge in [-0.2, -0.15) is 0 Å². The molecule has 2 saturated heterocycles. The number of benzene rings is 1. The lowest BCUT2D eigenvalue weighted by Gasteiger charge is -2.48. The van der Waals surface area contributed by atoms with E-state index in [0.29, 0.717) is 18.5 Å². The number of carbonyl (C=O) groups excluding carboxylic acids is 1. The first-order chi connectivity index (χ1) is 14.2. The number of fused-ring (bicyclic) bond motifs is 1. The van der Waals surface area contributed by atoms with Crippen molar-refractivity contribution < 1.29 is 9.53 Å². The fraction of sp³-hybridized carbons (Fsp3) is 0.640. The fourth-order valence-corrected chi connectivity index (χ4v) is 6.23. The second-order valence-corrected chi connectivity index (χ2v) is 9.53. The lowest BCUT2D eigenvalue weighted by molar-refractivity contribution is -0.136. The van der Waals surface area contributed by atoms with Crippen molar-refractivity contribution in [1.29, 1.82) is 0 Å². The average Bonchev–Trinajstić information content (AvgIpc) is 3.50. The van der Waals surface area contributed by atoms with E-state index < -0.39 is 0 Å². The second kappa shape index (κ2) is 7.88. The molecule has 1 amide bonds. The summed E-state index contributed by atoms with van der Waals surface area (Å²) >= 11 is 0. The molecule has 1 aromatic carbocycles. The molecule has 0 N–H and O–H groups in total. The van der Waals surface area contributed by atoms with E-state index in [9.17, 15) is 4.79 Å². The van der Waals surface area contributed by atoms with Crippen LogP contribution in [0.2, 0.25) is 0 Å². The SMILES string of the molecule is CN(C(=O)CC1=CCc2ccccc21)[C@H]1CC[C@@]2(CCCO2)C[C@@H]1N1CCCC1. The zero-order chi connectivity index (χ0) is 19.8. The number of ether oxygens (including phenoxy) is 1. The van der Waals surface area contributed by atoms with Crippen LogP contribution >= 0.6 is 0 Å². The molecule has 4 heteroatoms. The molecule has 4 aliphatic rings. The molecule has 0 unspecified atom stereocenters. The molecule has 2 heterocycles. The summed E-state index contributed by atoms with van der Waals surface area (Å²) in [5, 5.41) is 0. The van der Waals surface area contributed by atoms with Gasteiger partial charge in [-0.3, -0.25) is 9.69 Å². The smallest absolute Gasteiger partial charge is 0.227 e. The minimum atomic E-state index is 0.0839. The number of carbonyl (C=O) groups is 1. The number of hydrogen-bond acceptors (Lipinski definition) is 3. The van der Waals surface area contributed by atoms with Gasteiger partial charge in [-0.15, -0.1) is 0 Å². The molecule has 3 atom stereocenters. The van der Waals surface area contributed by atoms with Crippen molar-refractivity contribution in [1.82, 2.24) is 9.80 Å². The molecule has 1 aromatic rings. The van der Waals surface area contributed by atoms with Gasteiger partial charge < -0.3 is 9.64 Å². The van der Waals surface area contributed by atoms with Gasteiger partial charge in [0, 0.05) is 25.7 Å². The molecule has 3 fully saturated rings. The lowest BCUT2D eigenvalue weighted by atomic mass is 9.76. The largest absolute Gasteiger partial charge is 0.375 e. The van der Waals surface area contributed by atoms with Gasteiger partial charge in [-0.25, -0.2) is 0 Å². The summed E-state index contributed by atoms with van der Waals surface area (Å²) < 4.78 is 6.27. The predicted octanol–water partition coefficient (Wildman–Crippen LogP) is 4.04. The molecular weight excluding hydrogens is 360 g/mol. The summed E-state index contributed by atoms with van der Waals surface area (Å²) in [6.45, 7) is 3.27. The number of allylic oxidation sites excluding steroid dienone is 1. The van der Waals surface area contributed by atoms with Crippen molar-refractivity contribution in [2.24, 2.45) is 0 Å². The van der Waals surface area contributed by atoms with Gasteiger partial charge in [-0.1, -0.05) is 30.3 Å². The number of likely N-dealkylation sites (N-methyl/N-ethyl adjacent to an activating group) is 1. The highest BCUT2D eigenvalue weighted by Crippen LogP contribution is 2.43. The van der Waals surface area contributed by atoms with E-state index >= 15 is 0 Å². The molecule has 0 bridgehead atoms. The Morgan fingerprint density at radius 2 is 2.03 bits per heavy atom. The van der Waals surface area contributed by atoms with Crippen LogP contribution < -0.4 is 0 Å². The Balaban J connectivity index is 1.31. The van der Waals surface area contributed by atoms with E-state index in [1.54, 1.807) is 0 Å². The van der Waals surface area contributed by atoms with Crippen molar-refractivity contribution in [3.63, 3.8) is 0 Å². The Bertz CT molecular complexity index is 790. The minimum Gasteiger partial charge on any atom is -0.375 e. The van der Waals surface area contributed by atoms with Crippen molar-refractivity contribution in [3.05, 3.63) is 41.5 Å². The van der Waals surface area contributed by atoms with E-state index in [4.69, 9.17) is 4.74 Å². The summed E-state index contributed by atoms with van der Waals surface area (Å²) in [7, 11) is 2.05. The molecule has 5 rings (SSSR count). The Labute approximate surface area is 174 Å². The standard InChI is InChI=1S/C25H34N2O2/c1-26(24(28)17-20-10-9-19-7-2-3-8-21(19)20)22-11-13-25(12-6-16-29-25)18-23(22)27-14-4-5-15-27/h2-3,7-8,10,22-23H,4-6,9,11-18H2,1H3/t22-,23-,25-/m0/s1. The van der Waals surface area contributed by atoms with Crippen LogP contribution in [0.25, 0.3) is 5.57 Å². The molecule has 4 nitrogen and oxygen atoms in total. The van der Waals surface area contributed by atoms with Gasteiger partial charge in [0.25, 0.3) is 0 Å². The Kier molecular flexibility index (Phi) is 5.25. The highest BCUT2D eigenvalue weighted by atomic mass is 16.5. The van der Waals surface area contributed by atoms with Gasteiger partial charge in [0.1, 0.15) is 0 Å². The van der Waals surface area contributed by atoms with E-state index in [1.807, 2.05) is 7.05 Å². The first-order valence-corrected chi connectivity index (χ1v) is 11.6. The molecule has 0 radical (unpaired) electrons. The highest BCUT2D eigenvalue weighted by Gasteiger charge is 2.47. The molecule has 2 aliphatic carbocycles. The summed E-state index contributed by atoms with van der Waals surface area (Å²) in [4.78, 5) is 18.1. The Morgan fingerprint density at radius 3 is 2.83 bits per heavy atom. The first-order valence-electron chi connectivity index (χ1n) is 11.6. The maximum Gasteiger partial charge on any atom is 0.227 e. The number of likely N-dealkylation sites (tertiary alicyclic amines) is 1. The van der Waals surface area contributed by atoms with Crippen LogP contribution in [0.15, 0.2) is 30.3 Å². The zero-order valence-electron chi connectivity index (χ0n) is 17.7. The van der Waals surface area contributed by atoms with Gasteiger partial charge >= 0.3 is 0 Å². The average molecular weight is 395 g/mol. The van der Waals surface area contributed by atoms with Crippen molar-refractivity contribution in [3.8, 4) is 0 Å². The van der Waals surface area contributed by atoms with Crippen LogP contribution in [0, 0.1) is 0 Å². The molecule has 2 aliphatic heterocycles. The number of hydrogen-bond donors (Lipinski definition) is 0. The molecule has 0 aromatic heterocycles. The predicted molar refractivity (Wildman–Crippen MR) is 116 cm³/mol. The van der Waals surface area contributed by atoms with E-state index in [-0.39, 0.29) is 11.5 Å². The highest BCUT2D eigenvalue weighted by molar-refractivity contribution is 5.90. The zero-order valence-corrected chi connectivity index (χ0v) is 17.7. The van der Waals surface area contributed by atoms with E-state index in [1.165, 1.54) is 55.5 Å². The molecule has 1 saturated carbocycles. The van der Waals surface area contributed by atoms with Crippen LogP contribution in [0.4, 0.5) is 0 Å². The van der Waals surface area contributed by atoms with Crippen LogP contribution in [-0.2, 0) is 16.0 Å². The third kappa shape index (κ3) is 3.66. The Hall–Kier alpha value is -1.65. The maximum absolute atomic E-state index is 13.3. The van der Waals surface area contributed by atoms with E-state index in [2.05, 4.69) is 40.1 Å². The summed E-state index contributed by atoms with van der Waals surface area (Å²) in [5.74, 6) is 0.269. The molecule has 29 heavy (non-hydrogen) atoms. The number of amides is 1. The van der Waals surface area contributed by atoms with Gasteiger partial charge in [0.15, 0.2) is 0 Å². The van der Waals surface area contributed by atoms with E-state index in [0.717, 1.165) is 32.3 Å². The summed E-state index contributed by atoms with van der Waals surface area (Å²) in [5.41, 5.74) is 3.92. The van der Waals surface area contributed by atoms with Crippen molar-refractivity contribution in [2.45, 2.75) is 75.5 Å². The molecule has 1 spiro atoms. The summed E-state index contributed by atoms with van der Waals surface area (Å²) in [6, 6.07) is 9.27. The minimum absolute atomic E-state index is 0.0839. The quantitative estimate of drug-likeness (QED) is 0.773.